The number of aromatic nitrogens is 1. The summed E-state index contributed by atoms with van der Waals surface area (Å²) in [5.41, 5.74) is 1.04. The number of hydrogen-bond donors (Lipinski definition) is 1. The van der Waals surface area contributed by atoms with E-state index in [4.69, 9.17) is 9.47 Å². The number of carbonyl (C=O) groups excluding carboxylic acids is 5. The molecule has 5 heterocycles. The molecule has 3 saturated heterocycles. The summed E-state index contributed by atoms with van der Waals surface area (Å²) in [4.78, 5) is 74.2. The lowest BCUT2D eigenvalue weighted by Crippen LogP contribution is -2.54. The third-order valence-corrected chi connectivity index (χ3v) is 12.0. The second kappa shape index (κ2) is 18.7. The number of nitrogens with one attached hydrogen (secondary N) is 1. The van der Waals surface area contributed by atoms with Crippen molar-refractivity contribution in [3.05, 3.63) is 58.2 Å². The van der Waals surface area contributed by atoms with Gasteiger partial charge in [0.15, 0.2) is 16.7 Å². The van der Waals surface area contributed by atoms with Crippen LogP contribution in [0.4, 0.5) is 24.0 Å². The van der Waals surface area contributed by atoms with E-state index in [0.717, 1.165) is 80.2 Å². The number of unbranched alkanes of at least 4 members (excludes halogenated alkanes) is 7. The van der Waals surface area contributed by atoms with Crippen molar-refractivity contribution in [3.63, 3.8) is 0 Å². The fourth-order valence-corrected chi connectivity index (χ4v) is 8.73. The maximum absolute atomic E-state index is 15.3. The molecular weight excluding hydrogens is 778 g/mol. The molecule has 1 aromatic heterocycles. The lowest BCUT2D eigenvalue weighted by Gasteiger charge is -2.36. The number of piperazine rings is 1. The van der Waals surface area contributed by atoms with Gasteiger partial charge in [-0.25, -0.2) is 13.8 Å². The number of amides is 5. The van der Waals surface area contributed by atoms with Gasteiger partial charge >= 0.3 is 0 Å². The number of ether oxygens (including phenoxy) is 2. The average Bonchev–Trinajstić information content (AvgIpc) is 3.81. The van der Waals surface area contributed by atoms with Crippen molar-refractivity contribution in [2.75, 3.05) is 68.9 Å². The Bertz CT molecular complexity index is 2030. The van der Waals surface area contributed by atoms with Gasteiger partial charge in [0.2, 0.25) is 23.5 Å². The maximum Gasteiger partial charge on any atom is 0.262 e. The zero-order chi connectivity index (χ0) is 40.8. The van der Waals surface area contributed by atoms with Crippen LogP contribution in [-0.4, -0.2) is 109 Å². The number of fused-ring (bicyclic) bond motifs is 1. The first-order valence-electron chi connectivity index (χ1n) is 20.1. The molecule has 58 heavy (non-hydrogen) atoms. The molecule has 13 nitrogen and oxygen atoms in total. The molecule has 0 aliphatic carbocycles. The van der Waals surface area contributed by atoms with Crippen molar-refractivity contribution in [3.8, 4) is 17.0 Å². The molecule has 1 N–H and O–H groups in total. The zero-order valence-corrected chi connectivity index (χ0v) is 33.1. The first kappa shape index (κ1) is 41.1. The van der Waals surface area contributed by atoms with Gasteiger partial charge in [0.05, 0.1) is 42.3 Å². The molecule has 17 heteroatoms. The van der Waals surface area contributed by atoms with Gasteiger partial charge in [-0.3, -0.25) is 34.2 Å². The molecule has 5 amide bonds. The minimum atomic E-state index is -1.13. The predicted molar refractivity (Wildman–Crippen MR) is 209 cm³/mol. The van der Waals surface area contributed by atoms with Crippen molar-refractivity contribution in [2.45, 2.75) is 76.7 Å². The van der Waals surface area contributed by atoms with Crippen molar-refractivity contribution in [1.82, 2.24) is 20.1 Å². The number of rotatable bonds is 16. The second-order valence-corrected chi connectivity index (χ2v) is 15.8. The van der Waals surface area contributed by atoms with E-state index in [1.807, 2.05) is 5.38 Å². The quantitative estimate of drug-likeness (QED) is 0.141. The molecule has 310 valence electrons. The molecule has 3 fully saturated rings. The van der Waals surface area contributed by atoms with Gasteiger partial charge in [0.1, 0.15) is 11.9 Å². The fraction of sp³-hybridized carbons (Fsp3) is 0.512. The number of thiazole rings is 1. The molecule has 3 aromatic rings. The van der Waals surface area contributed by atoms with Gasteiger partial charge in [0, 0.05) is 63.1 Å². The minimum absolute atomic E-state index is 0.00850. The molecule has 1 unspecified atom stereocenters. The van der Waals surface area contributed by atoms with E-state index in [0.29, 0.717) is 63.5 Å². The zero-order valence-electron chi connectivity index (χ0n) is 32.2. The van der Waals surface area contributed by atoms with E-state index in [1.54, 1.807) is 9.80 Å². The fourth-order valence-electron chi connectivity index (χ4n) is 7.85. The summed E-state index contributed by atoms with van der Waals surface area (Å²) < 4.78 is 55.5. The number of imide groups is 2. The first-order chi connectivity index (χ1) is 28.1. The topological polar surface area (TPSA) is 142 Å². The molecule has 1 atom stereocenters. The molecule has 4 aliphatic rings. The number of nitrogens with zero attached hydrogens (tertiary/aromatic N) is 5. The Morgan fingerprint density at radius 3 is 2.19 bits per heavy atom. The number of carbonyl (C=O) groups is 5. The van der Waals surface area contributed by atoms with Crippen LogP contribution in [0.2, 0.25) is 0 Å². The summed E-state index contributed by atoms with van der Waals surface area (Å²) in [7, 11) is 0. The summed E-state index contributed by atoms with van der Waals surface area (Å²) in [6.45, 7) is 4.46. The minimum Gasteiger partial charge on any atom is -0.490 e. The average molecular weight is 825 g/mol. The number of anilines is 2. The lowest BCUT2D eigenvalue weighted by molar-refractivity contribution is -0.136. The third kappa shape index (κ3) is 9.15. The van der Waals surface area contributed by atoms with Crippen LogP contribution < -0.4 is 19.9 Å². The van der Waals surface area contributed by atoms with Crippen LogP contribution in [0.1, 0.15) is 91.3 Å². The van der Waals surface area contributed by atoms with E-state index in [1.165, 1.54) is 23.5 Å². The van der Waals surface area contributed by atoms with E-state index in [-0.39, 0.29) is 47.9 Å². The van der Waals surface area contributed by atoms with Crippen LogP contribution in [0.5, 0.6) is 5.75 Å². The van der Waals surface area contributed by atoms with Crippen LogP contribution in [0.15, 0.2) is 29.6 Å². The number of piperidine rings is 1. The van der Waals surface area contributed by atoms with Crippen LogP contribution in [-0.2, 0) is 19.1 Å². The molecule has 0 saturated carbocycles. The van der Waals surface area contributed by atoms with E-state index in [2.05, 4.69) is 15.2 Å². The van der Waals surface area contributed by atoms with Crippen LogP contribution in [0.25, 0.3) is 11.3 Å². The Balaban J connectivity index is 0.771. The van der Waals surface area contributed by atoms with Gasteiger partial charge in [-0.1, -0.05) is 38.5 Å². The Morgan fingerprint density at radius 1 is 0.810 bits per heavy atom. The predicted octanol–water partition coefficient (Wildman–Crippen LogP) is 5.70. The van der Waals surface area contributed by atoms with E-state index < -0.39 is 47.1 Å². The highest BCUT2D eigenvalue weighted by atomic mass is 32.1. The second-order valence-electron chi connectivity index (χ2n) is 14.9. The monoisotopic (exact) mass is 824 g/mol. The normalized spacial score (nSPS) is 18.6. The first-order valence-corrected chi connectivity index (χ1v) is 21.0. The van der Waals surface area contributed by atoms with Crippen molar-refractivity contribution in [2.24, 2.45) is 0 Å². The highest BCUT2D eigenvalue weighted by Crippen LogP contribution is 2.37. The van der Waals surface area contributed by atoms with Gasteiger partial charge in [-0.15, -0.1) is 11.3 Å². The number of morpholine rings is 1. The number of hydrogen-bond acceptors (Lipinski definition) is 11. The molecule has 0 radical (unpaired) electrons. The van der Waals surface area contributed by atoms with E-state index >= 15 is 4.39 Å². The molecule has 0 spiro atoms. The molecule has 2 aromatic carbocycles. The van der Waals surface area contributed by atoms with Gasteiger partial charge < -0.3 is 24.2 Å². The van der Waals surface area contributed by atoms with Gasteiger partial charge in [0.25, 0.3) is 11.8 Å². The molecule has 0 bridgehead atoms. The summed E-state index contributed by atoms with van der Waals surface area (Å²) in [6.07, 6.45) is 7.72. The summed E-state index contributed by atoms with van der Waals surface area (Å²) in [5.74, 6) is -5.37. The summed E-state index contributed by atoms with van der Waals surface area (Å²) in [5, 5.41) is 4.80. The van der Waals surface area contributed by atoms with Crippen LogP contribution in [0, 0.1) is 17.5 Å². The van der Waals surface area contributed by atoms with E-state index in [9.17, 15) is 32.8 Å². The summed E-state index contributed by atoms with van der Waals surface area (Å²) >= 11 is 1.45. The lowest BCUT2D eigenvalue weighted by atomic mass is 10.0. The number of halogens is 3. The Hall–Kier alpha value is -5.03. The standard InChI is InChI=1S/C41H47F3N6O7S/c42-29-11-10-26(31-25-58-41(45-31)49-18-21-56-22-19-49)37(36(29)44)57-20-8-6-4-2-1-3-5-7-9-35(52)48-16-14-47(15-17-48)33-24-28-27(23-30(33)43)39(54)50(40(28)55)32-12-13-34(51)46-38(32)53/h10-11,23-25,32H,1-9,12-22H2,(H,46,51,53). The largest absolute Gasteiger partial charge is 0.490 e. The Labute approximate surface area is 338 Å². The SMILES string of the molecule is O=C1CCC(N2C(=O)c3cc(F)c(N4CCN(C(=O)CCCCCCCCCCOc5c(-c6csc(N7CCOCC7)n6)ccc(F)c5F)CC4)cc3C2=O)C(=O)N1. The van der Waals surface area contributed by atoms with Crippen molar-refractivity contribution in [1.29, 1.82) is 0 Å². The van der Waals surface area contributed by atoms with Crippen LogP contribution in [0.3, 0.4) is 0 Å². The third-order valence-electron chi connectivity index (χ3n) is 11.1. The van der Waals surface area contributed by atoms with Crippen LogP contribution >= 0.6 is 11.3 Å². The Kier molecular flexibility index (Phi) is 13.3. The molecule has 7 rings (SSSR count). The molecule has 4 aliphatic heterocycles. The van der Waals surface area contributed by atoms with Crippen molar-refractivity contribution < 1.29 is 46.6 Å². The molecular formula is C41H47F3N6O7S. The smallest absolute Gasteiger partial charge is 0.262 e. The van der Waals surface area contributed by atoms with Crippen molar-refractivity contribution >= 4 is 51.7 Å². The maximum atomic E-state index is 15.3. The summed E-state index contributed by atoms with van der Waals surface area (Å²) in [6, 6.07) is 3.85. The van der Waals surface area contributed by atoms with Gasteiger partial charge in [-0.2, -0.15) is 4.39 Å². The Morgan fingerprint density at radius 2 is 1.48 bits per heavy atom. The van der Waals surface area contributed by atoms with Gasteiger partial charge in [-0.05, 0) is 43.5 Å². The number of benzene rings is 2. The highest BCUT2D eigenvalue weighted by molar-refractivity contribution is 7.14. The highest BCUT2D eigenvalue weighted by Gasteiger charge is 2.45.